The van der Waals surface area contributed by atoms with Gasteiger partial charge in [0, 0.05) is 19.3 Å². The van der Waals surface area contributed by atoms with Crippen molar-refractivity contribution in [2.45, 2.75) is 45.7 Å². The minimum absolute atomic E-state index is 0.0364. The SMILES string of the molecule is CCOC(=O)c1c(NC(=O)C[NH2+]C2CC2)sc2c1CC[NH+](CC)C2. The Morgan fingerprint density at radius 3 is 2.83 bits per heavy atom. The number of nitrogens with one attached hydrogen (secondary N) is 2. The summed E-state index contributed by atoms with van der Waals surface area (Å²) in [6, 6.07) is 0.610. The Morgan fingerprint density at radius 1 is 1.38 bits per heavy atom. The van der Waals surface area contributed by atoms with E-state index in [4.69, 9.17) is 4.74 Å². The molecule has 7 heteroatoms. The highest BCUT2D eigenvalue weighted by molar-refractivity contribution is 7.17. The van der Waals surface area contributed by atoms with Gasteiger partial charge < -0.3 is 20.3 Å². The Hall–Kier alpha value is -1.44. The van der Waals surface area contributed by atoms with E-state index in [1.54, 1.807) is 11.3 Å². The van der Waals surface area contributed by atoms with Crippen molar-refractivity contribution in [1.29, 1.82) is 0 Å². The number of fused-ring (bicyclic) bond motifs is 1. The highest BCUT2D eigenvalue weighted by Gasteiger charge is 2.31. The number of carbonyl (C=O) groups is 2. The molecular formula is C17H27N3O3S+2. The molecule has 0 radical (unpaired) electrons. The Kier molecular flexibility index (Phi) is 5.53. The first-order valence-corrected chi connectivity index (χ1v) is 9.72. The molecule has 1 fully saturated rings. The molecule has 2 heterocycles. The number of thiophene rings is 1. The maximum Gasteiger partial charge on any atom is 0.341 e. The van der Waals surface area contributed by atoms with Gasteiger partial charge in [0.05, 0.1) is 36.2 Å². The first-order chi connectivity index (χ1) is 11.6. The maximum atomic E-state index is 12.4. The van der Waals surface area contributed by atoms with Gasteiger partial charge in [0.2, 0.25) is 0 Å². The Labute approximate surface area is 146 Å². The Morgan fingerprint density at radius 2 is 2.17 bits per heavy atom. The molecule has 1 aromatic heterocycles. The summed E-state index contributed by atoms with van der Waals surface area (Å²) in [6.07, 6.45) is 3.27. The molecule has 1 atom stereocenters. The average Bonchev–Trinajstić information content (AvgIpc) is 3.33. The van der Waals surface area contributed by atoms with Crippen LogP contribution in [0.3, 0.4) is 0 Å². The summed E-state index contributed by atoms with van der Waals surface area (Å²) < 4.78 is 5.24. The molecule has 132 valence electrons. The van der Waals surface area contributed by atoms with Crippen LogP contribution in [0.2, 0.25) is 0 Å². The summed E-state index contributed by atoms with van der Waals surface area (Å²) in [5.74, 6) is -0.345. The van der Waals surface area contributed by atoms with Gasteiger partial charge in [0.15, 0.2) is 6.54 Å². The van der Waals surface area contributed by atoms with E-state index in [0.29, 0.717) is 29.8 Å². The third-order valence-corrected chi connectivity index (χ3v) is 5.87. The van der Waals surface area contributed by atoms with Crippen molar-refractivity contribution in [2.75, 3.05) is 31.6 Å². The monoisotopic (exact) mass is 353 g/mol. The van der Waals surface area contributed by atoms with Gasteiger partial charge in [-0.25, -0.2) is 4.79 Å². The molecule has 1 aliphatic heterocycles. The molecule has 0 spiro atoms. The van der Waals surface area contributed by atoms with Crippen molar-refractivity contribution < 1.29 is 24.5 Å². The fraction of sp³-hybridized carbons (Fsp3) is 0.647. The van der Waals surface area contributed by atoms with Crippen molar-refractivity contribution in [3.8, 4) is 0 Å². The molecule has 0 bridgehead atoms. The molecule has 1 aromatic rings. The summed E-state index contributed by atoms with van der Waals surface area (Å²) in [6.45, 7) is 7.77. The molecule has 24 heavy (non-hydrogen) atoms. The number of esters is 1. The molecule has 1 saturated carbocycles. The van der Waals surface area contributed by atoms with E-state index in [2.05, 4.69) is 17.6 Å². The first-order valence-electron chi connectivity index (χ1n) is 8.90. The van der Waals surface area contributed by atoms with Crippen LogP contribution in [-0.4, -0.2) is 44.2 Å². The normalized spacial score (nSPS) is 19.7. The zero-order valence-corrected chi connectivity index (χ0v) is 15.3. The molecule has 1 unspecified atom stereocenters. The summed E-state index contributed by atoms with van der Waals surface area (Å²) in [7, 11) is 0. The highest BCUT2D eigenvalue weighted by atomic mass is 32.1. The first kappa shape index (κ1) is 17.4. The number of carbonyl (C=O) groups excluding carboxylic acids is 2. The van der Waals surface area contributed by atoms with Crippen molar-refractivity contribution in [3.63, 3.8) is 0 Å². The van der Waals surface area contributed by atoms with Crippen LogP contribution in [-0.2, 0) is 22.5 Å². The smallest absolute Gasteiger partial charge is 0.341 e. The second-order valence-corrected chi connectivity index (χ2v) is 7.64. The van der Waals surface area contributed by atoms with E-state index in [1.807, 2.05) is 6.92 Å². The standard InChI is InChI=1S/C17H25N3O3S/c1-3-20-8-7-12-13(10-20)24-16(15(12)17(22)23-4-2)19-14(21)9-18-11-5-6-11/h11,18H,3-10H2,1-2H3,(H,19,21)/p+2. The maximum absolute atomic E-state index is 12.4. The van der Waals surface area contributed by atoms with Gasteiger partial charge in [0.25, 0.3) is 5.91 Å². The number of quaternary nitrogens is 2. The Balaban J connectivity index is 1.79. The largest absolute Gasteiger partial charge is 0.462 e. The summed E-state index contributed by atoms with van der Waals surface area (Å²) >= 11 is 1.55. The van der Waals surface area contributed by atoms with E-state index >= 15 is 0 Å². The lowest BCUT2D eigenvalue weighted by Crippen LogP contribution is -3.11. The number of rotatable bonds is 7. The zero-order valence-electron chi connectivity index (χ0n) is 14.4. The summed E-state index contributed by atoms with van der Waals surface area (Å²) in [5.41, 5.74) is 1.67. The van der Waals surface area contributed by atoms with Crippen LogP contribution >= 0.6 is 11.3 Å². The lowest BCUT2D eigenvalue weighted by molar-refractivity contribution is -0.913. The summed E-state index contributed by atoms with van der Waals surface area (Å²) in [5, 5.41) is 5.71. The number of anilines is 1. The quantitative estimate of drug-likeness (QED) is 0.581. The predicted octanol–water partition coefficient (Wildman–Crippen LogP) is -0.450. The fourth-order valence-corrected chi connectivity index (χ4v) is 4.45. The molecule has 3 rings (SSSR count). The van der Waals surface area contributed by atoms with Gasteiger partial charge in [-0.15, -0.1) is 11.3 Å². The van der Waals surface area contributed by atoms with Gasteiger partial charge in [-0.1, -0.05) is 0 Å². The second-order valence-electron chi connectivity index (χ2n) is 6.53. The minimum Gasteiger partial charge on any atom is -0.462 e. The van der Waals surface area contributed by atoms with E-state index in [0.717, 1.165) is 31.6 Å². The van der Waals surface area contributed by atoms with Crippen LogP contribution in [0.15, 0.2) is 0 Å². The number of amides is 1. The number of ether oxygens (including phenoxy) is 1. The predicted molar refractivity (Wildman–Crippen MR) is 92.5 cm³/mol. The van der Waals surface area contributed by atoms with E-state index < -0.39 is 0 Å². The number of hydrogen-bond acceptors (Lipinski definition) is 4. The summed E-state index contributed by atoms with van der Waals surface area (Å²) in [4.78, 5) is 27.4. The molecule has 1 amide bonds. The van der Waals surface area contributed by atoms with Crippen molar-refractivity contribution in [3.05, 3.63) is 16.0 Å². The van der Waals surface area contributed by atoms with Crippen LogP contribution in [0.1, 0.15) is 47.5 Å². The third kappa shape index (κ3) is 3.96. The molecule has 4 N–H and O–H groups in total. The van der Waals surface area contributed by atoms with Crippen molar-refractivity contribution in [1.82, 2.24) is 0 Å². The van der Waals surface area contributed by atoms with E-state index in [9.17, 15) is 9.59 Å². The highest BCUT2D eigenvalue weighted by Crippen LogP contribution is 2.35. The fourth-order valence-electron chi connectivity index (χ4n) is 3.13. The molecule has 2 aliphatic rings. The Bertz CT molecular complexity index is 625. The van der Waals surface area contributed by atoms with E-state index in [1.165, 1.54) is 22.6 Å². The average molecular weight is 353 g/mol. The molecule has 1 aliphatic carbocycles. The lowest BCUT2D eigenvalue weighted by Gasteiger charge is -2.22. The second kappa shape index (κ2) is 7.63. The van der Waals surface area contributed by atoms with Crippen LogP contribution in [0.4, 0.5) is 5.00 Å². The van der Waals surface area contributed by atoms with Crippen LogP contribution in [0.25, 0.3) is 0 Å². The number of hydrogen-bond donors (Lipinski definition) is 3. The molecule has 0 saturated heterocycles. The van der Waals surface area contributed by atoms with Gasteiger partial charge in [-0.2, -0.15) is 0 Å². The van der Waals surface area contributed by atoms with Gasteiger partial charge in [0.1, 0.15) is 11.5 Å². The molecular weight excluding hydrogens is 326 g/mol. The van der Waals surface area contributed by atoms with Gasteiger partial charge in [-0.3, -0.25) is 4.79 Å². The number of nitrogens with two attached hydrogens (primary N) is 1. The third-order valence-electron chi connectivity index (χ3n) is 4.72. The zero-order chi connectivity index (χ0) is 17.1. The minimum atomic E-state index is -0.309. The molecule has 6 nitrogen and oxygen atoms in total. The van der Waals surface area contributed by atoms with E-state index in [-0.39, 0.29) is 11.9 Å². The van der Waals surface area contributed by atoms with Crippen LogP contribution < -0.4 is 15.5 Å². The van der Waals surface area contributed by atoms with Gasteiger partial charge >= 0.3 is 5.97 Å². The van der Waals surface area contributed by atoms with Crippen LogP contribution in [0, 0.1) is 0 Å². The lowest BCUT2D eigenvalue weighted by atomic mass is 10.0. The van der Waals surface area contributed by atoms with Crippen LogP contribution in [0.5, 0.6) is 0 Å². The van der Waals surface area contributed by atoms with Crippen molar-refractivity contribution >= 4 is 28.2 Å². The molecule has 0 aromatic carbocycles. The number of likely N-dealkylation sites (N-methyl/N-ethyl adjacent to an activating group) is 1. The van der Waals surface area contributed by atoms with Gasteiger partial charge in [-0.05, 0) is 19.4 Å². The van der Waals surface area contributed by atoms with Crippen molar-refractivity contribution in [2.24, 2.45) is 0 Å². The topological polar surface area (TPSA) is 76.4 Å².